The smallest absolute Gasteiger partial charge is 0.277 e. The quantitative estimate of drug-likeness (QED) is 0.850. The van der Waals surface area contributed by atoms with Crippen molar-refractivity contribution in [2.24, 2.45) is 5.92 Å². The fourth-order valence-electron chi connectivity index (χ4n) is 2.46. The number of amides is 4. The van der Waals surface area contributed by atoms with E-state index in [0.29, 0.717) is 12.8 Å². The lowest BCUT2D eigenvalue weighted by Gasteiger charge is -2.34. The maximum Gasteiger partial charge on any atom is 0.331 e. The molecule has 1 aliphatic heterocycles. The van der Waals surface area contributed by atoms with E-state index in [1.807, 2.05) is 37.3 Å². The molecule has 20 heavy (non-hydrogen) atoms. The Balaban J connectivity index is 2.15. The van der Waals surface area contributed by atoms with Crippen molar-refractivity contribution >= 4 is 17.8 Å². The molecule has 2 rings (SSSR count). The van der Waals surface area contributed by atoms with E-state index in [2.05, 4.69) is 5.32 Å². The van der Waals surface area contributed by atoms with Crippen LogP contribution in [-0.2, 0) is 16.0 Å². The predicted octanol–water partition coefficient (Wildman–Crippen LogP) is 1.72. The van der Waals surface area contributed by atoms with E-state index in [1.165, 1.54) is 4.90 Å². The highest BCUT2D eigenvalue weighted by Gasteiger charge is 2.41. The van der Waals surface area contributed by atoms with Crippen molar-refractivity contribution < 1.29 is 14.4 Å². The number of imide groups is 2. The van der Waals surface area contributed by atoms with Gasteiger partial charge in [-0.3, -0.25) is 19.8 Å². The molecule has 1 aliphatic rings. The molecule has 2 unspecified atom stereocenters. The molecule has 5 heteroatoms. The first-order valence-electron chi connectivity index (χ1n) is 6.76. The van der Waals surface area contributed by atoms with Crippen LogP contribution in [-0.4, -0.2) is 28.8 Å². The van der Waals surface area contributed by atoms with Crippen LogP contribution in [0.2, 0.25) is 0 Å². The highest BCUT2D eigenvalue weighted by atomic mass is 16.2. The number of benzene rings is 1. The SMILES string of the molecule is CCC1C(=O)NC(=O)N(C(C)Cc2ccccc2)C1=O. The standard InChI is InChI=1S/C15H18N2O3/c1-3-12-13(18)16-15(20)17(14(12)19)10(2)9-11-7-5-4-6-8-11/h4-8,10,12H,3,9H2,1-2H3,(H,16,18,20). The van der Waals surface area contributed by atoms with Crippen LogP contribution >= 0.6 is 0 Å². The van der Waals surface area contributed by atoms with Crippen molar-refractivity contribution in [2.75, 3.05) is 0 Å². The number of barbiturate groups is 1. The van der Waals surface area contributed by atoms with Crippen molar-refractivity contribution in [3.05, 3.63) is 35.9 Å². The number of hydrogen-bond acceptors (Lipinski definition) is 3. The lowest BCUT2D eigenvalue weighted by atomic mass is 9.99. The fourth-order valence-corrected chi connectivity index (χ4v) is 2.46. The molecule has 4 amide bonds. The predicted molar refractivity (Wildman–Crippen MR) is 73.8 cm³/mol. The van der Waals surface area contributed by atoms with Gasteiger partial charge in [0.1, 0.15) is 5.92 Å². The number of urea groups is 1. The second-order valence-electron chi connectivity index (χ2n) is 5.00. The lowest BCUT2D eigenvalue weighted by Crippen LogP contribution is -2.60. The van der Waals surface area contributed by atoms with E-state index in [9.17, 15) is 14.4 Å². The monoisotopic (exact) mass is 274 g/mol. The molecule has 1 aromatic rings. The lowest BCUT2D eigenvalue weighted by molar-refractivity contribution is -0.143. The Labute approximate surface area is 118 Å². The Morgan fingerprint density at radius 3 is 2.45 bits per heavy atom. The zero-order chi connectivity index (χ0) is 14.7. The van der Waals surface area contributed by atoms with Gasteiger partial charge in [0.25, 0.3) is 0 Å². The molecule has 0 aromatic heterocycles. The minimum absolute atomic E-state index is 0.285. The van der Waals surface area contributed by atoms with Gasteiger partial charge in [-0.25, -0.2) is 4.79 Å². The van der Waals surface area contributed by atoms with Gasteiger partial charge in [0.2, 0.25) is 11.8 Å². The first-order chi connectivity index (χ1) is 9.54. The summed E-state index contributed by atoms with van der Waals surface area (Å²) in [5, 5.41) is 2.25. The second kappa shape index (κ2) is 5.86. The molecule has 106 valence electrons. The molecular weight excluding hydrogens is 256 g/mol. The molecule has 2 atom stereocenters. The first kappa shape index (κ1) is 14.2. The van der Waals surface area contributed by atoms with Crippen LogP contribution in [0.3, 0.4) is 0 Å². The van der Waals surface area contributed by atoms with E-state index in [4.69, 9.17) is 0 Å². The second-order valence-corrected chi connectivity index (χ2v) is 5.00. The van der Waals surface area contributed by atoms with Gasteiger partial charge in [-0.05, 0) is 25.3 Å². The normalized spacial score (nSPS) is 20.8. The van der Waals surface area contributed by atoms with Crippen molar-refractivity contribution in [3.8, 4) is 0 Å². The van der Waals surface area contributed by atoms with Crippen LogP contribution in [0, 0.1) is 5.92 Å². The van der Waals surface area contributed by atoms with E-state index in [-0.39, 0.29) is 6.04 Å². The summed E-state index contributed by atoms with van der Waals surface area (Å²) in [6.45, 7) is 3.57. The van der Waals surface area contributed by atoms with Gasteiger partial charge in [0.15, 0.2) is 0 Å². The van der Waals surface area contributed by atoms with E-state index >= 15 is 0 Å². The molecule has 0 spiro atoms. The minimum atomic E-state index is -0.758. The molecule has 0 bridgehead atoms. The zero-order valence-corrected chi connectivity index (χ0v) is 11.6. The Morgan fingerprint density at radius 2 is 1.85 bits per heavy atom. The van der Waals surface area contributed by atoms with Gasteiger partial charge < -0.3 is 0 Å². The van der Waals surface area contributed by atoms with Crippen molar-refractivity contribution in [1.82, 2.24) is 10.2 Å². The number of carbonyl (C=O) groups excluding carboxylic acids is 3. The molecule has 0 radical (unpaired) electrons. The molecular formula is C15H18N2O3. The summed E-state index contributed by atoms with van der Waals surface area (Å²) in [4.78, 5) is 36.9. The van der Waals surface area contributed by atoms with Gasteiger partial charge in [-0.15, -0.1) is 0 Å². The van der Waals surface area contributed by atoms with Crippen LogP contribution < -0.4 is 5.32 Å². The topological polar surface area (TPSA) is 66.5 Å². The molecule has 1 heterocycles. The Hall–Kier alpha value is -2.17. The van der Waals surface area contributed by atoms with Crippen LogP contribution in [0.5, 0.6) is 0 Å². The van der Waals surface area contributed by atoms with Gasteiger partial charge in [0.05, 0.1) is 0 Å². The fraction of sp³-hybridized carbons (Fsp3) is 0.400. The Kier molecular flexibility index (Phi) is 4.17. The molecule has 0 aliphatic carbocycles. The molecule has 1 N–H and O–H groups in total. The number of rotatable bonds is 4. The third-order valence-corrected chi connectivity index (χ3v) is 3.52. The summed E-state index contributed by atoms with van der Waals surface area (Å²) in [5.41, 5.74) is 1.05. The highest BCUT2D eigenvalue weighted by molar-refractivity contribution is 6.16. The number of carbonyl (C=O) groups is 3. The van der Waals surface area contributed by atoms with E-state index in [1.54, 1.807) is 6.92 Å². The summed E-state index contributed by atoms with van der Waals surface area (Å²) in [6, 6.07) is 8.74. The third-order valence-electron chi connectivity index (χ3n) is 3.52. The average Bonchev–Trinajstić information content (AvgIpc) is 2.39. The van der Waals surface area contributed by atoms with Gasteiger partial charge in [-0.2, -0.15) is 0 Å². The summed E-state index contributed by atoms with van der Waals surface area (Å²) in [5.74, 6) is -1.65. The number of hydrogen-bond donors (Lipinski definition) is 1. The Morgan fingerprint density at radius 1 is 1.20 bits per heavy atom. The van der Waals surface area contributed by atoms with Gasteiger partial charge >= 0.3 is 6.03 Å². The summed E-state index contributed by atoms with van der Waals surface area (Å²) >= 11 is 0. The van der Waals surface area contributed by atoms with Crippen LogP contribution in [0.25, 0.3) is 0 Å². The average molecular weight is 274 g/mol. The number of nitrogens with zero attached hydrogens (tertiary/aromatic N) is 1. The van der Waals surface area contributed by atoms with Crippen molar-refractivity contribution in [3.63, 3.8) is 0 Å². The Bertz CT molecular complexity index is 527. The third kappa shape index (κ3) is 2.71. The molecule has 1 saturated heterocycles. The maximum absolute atomic E-state index is 12.3. The first-order valence-corrected chi connectivity index (χ1v) is 6.76. The number of nitrogens with one attached hydrogen (secondary N) is 1. The summed E-state index contributed by atoms with van der Waals surface area (Å²) < 4.78 is 0. The summed E-state index contributed by atoms with van der Waals surface area (Å²) in [7, 11) is 0. The molecule has 1 fully saturated rings. The summed E-state index contributed by atoms with van der Waals surface area (Å²) in [6.07, 6.45) is 0.969. The maximum atomic E-state index is 12.3. The largest absolute Gasteiger partial charge is 0.331 e. The highest BCUT2D eigenvalue weighted by Crippen LogP contribution is 2.18. The van der Waals surface area contributed by atoms with Crippen LogP contribution in [0.1, 0.15) is 25.8 Å². The van der Waals surface area contributed by atoms with E-state index in [0.717, 1.165) is 5.56 Å². The van der Waals surface area contributed by atoms with Crippen LogP contribution in [0.15, 0.2) is 30.3 Å². The van der Waals surface area contributed by atoms with Gasteiger partial charge in [-0.1, -0.05) is 37.3 Å². The van der Waals surface area contributed by atoms with Crippen LogP contribution in [0.4, 0.5) is 4.79 Å². The molecule has 1 aromatic carbocycles. The minimum Gasteiger partial charge on any atom is -0.277 e. The molecule has 5 nitrogen and oxygen atoms in total. The van der Waals surface area contributed by atoms with Gasteiger partial charge in [0, 0.05) is 6.04 Å². The molecule has 0 saturated carbocycles. The van der Waals surface area contributed by atoms with E-state index < -0.39 is 23.8 Å². The van der Waals surface area contributed by atoms with Crippen molar-refractivity contribution in [1.29, 1.82) is 0 Å². The zero-order valence-electron chi connectivity index (χ0n) is 11.6. The van der Waals surface area contributed by atoms with Crippen molar-refractivity contribution in [2.45, 2.75) is 32.7 Å².